The lowest BCUT2D eigenvalue weighted by Crippen LogP contribution is -2.35. The third-order valence-electron chi connectivity index (χ3n) is 3.72. The van der Waals surface area contributed by atoms with Gasteiger partial charge in [0, 0.05) is 21.6 Å². The highest BCUT2D eigenvalue weighted by molar-refractivity contribution is 9.10. The Morgan fingerprint density at radius 1 is 1.24 bits per heavy atom. The van der Waals surface area contributed by atoms with Crippen LogP contribution >= 0.6 is 15.9 Å². The van der Waals surface area contributed by atoms with Crippen LogP contribution in [0.3, 0.4) is 0 Å². The quantitative estimate of drug-likeness (QED) is 0.893. The predicted molar refractivity (Wildman–Crippen MR) is 71.8 cm³/mol. The zero-order valence-corrected chi connectivity index (χ0v) is 11.0. The van der Waals surface area contributed by atoms with Gasteiger partial charge in [0.2, 0.25) is 0 Å². The van der Waals surface area contributed by atoms with Crippen LogP contribution < -0.4 is 5.73 Å². The first kappa shape index (κ1) is 10.8. The molecular formula is C13H14BrN3. The lowest BCUT2D eigenvalue weighted by molar-refractivity contribution is 0.293. The minimum absolute atomic E-state index is 0.102. The molecule has 1 saturated carbocycles. The Hall–Kier alpha value is -1.29. The molecule has 0 bridgehead atoms. The molecular weight excluding hydrogens is 278 g/mol. The van der Waals surface area contributed by atoms with Gasteiger partial charge in [0.1, 0.15) is 5.82 Å². The van der Waals surface area contributed by atoms with Crippen molar-refractivity contribution in [1.82, 2.24) is 10.2 Å². The maximum Gasteiger partial charge on any atom is 0.145 e. The molecule has 0 saturated heterocycles. The molecule has 17 heavy (non-hydrogen) atoms. The molecule has 3 rings (SSSR count). The Balaban J connectivity index is 2.05. The van der Waals surface area contributed by atoms with E-state index in [-0.39, 0.29) is 5.41 Å². The van der Waals surface area contributed by atoms with Crippen LogP contribution in [0, 0.1) is 0 Å². The van der Waals surface area contributed by atoms with Gasteiger partial charge in [0.05, 0.1) is 0 Å². The number of nitrogens with zero attached hydrogens (tertiary/aromatic N) is 1. The third kappa shape index (κ3) is 1.67. The van der Waals surface area contributed by atoms with Crippen molar-refractivity contribution in [2.45, 2.75) is 24.7 Å². The van der Waals surface area contributed by atoms with Crippen LogP contribution in [0.25, 0.3) is 0 Å². The number of nitrogen functional groups attached to an aromatic ring is 1. The number of aromatic amines is 1. The summed E-state index contributed by atoms with van der Waals surface area (Å²) in [5.41, 5.74) is 8.29. The summed E-state index contributed by atoms with van der Waals surface area (Å²) in [6.07, 6.45) is 3.58. The van der Waals surface area contributed by atoms with E-state index in [9.17, 15) is 0 Å². The number of hydrogen-bond donors (Lipinski definition) is 2. The van der Waals surface area contributed by atoms with Crippen molar-refractivity contribution in [1.29, 1.82) is 0 Å². The summed E-state index contributed by atoms with van der Waals surface area (Å²) < 4.78 is 1.11. The molecule has 0 unspecified atom stereocenters. The second-order valence-electron chi connectivity index (χ2n) is 4.65. The van der Waals surface area contributed by atoms with Crippen molar-refractivity contribution >= 4 is 21.7 Å². The molecule has 1 aliphatic rings. The van der Waals surface area contributed by atoms with E-state index in [1.807, 2.05) is 6.07 Å². The number of halogens is 1. The highest BCUT2D eigenvalue weighted by Crippen LogP contribution is 2.48. The summed E-state index contributed by atoms with van der Waals surface area (Å²) in [6, 6.07) is 10.5. The number of aromatic nitrogens is 2. The lowest BCUT2D eigenvalue weighted by atomic mass is 9.62. The van der Waals surface area contributed by atoms with Gasteiger partial charge in [0.25, 0.3) is 0 Å². The first-order valence-electron chi connectivity index (χ1n) is 5.78. The van der Waals surface area contributed by atoms with Gasteiger partial charge in [-0.2, -0.15) is 5.10 Å². The van der Waals surface area contributed by atoms with Crippen LogP contribution in [-0.2, 0) is 5.41 Å². The number of rotatable bonds is 2. The Morgan fingerprint density at radius 3 is 2.41 bits per heavy atom. The Kier molecular flexibility index (Phi) is 2.47. The van der Waals surface area contributed by atoms with Crippen LogP contribution in [0.4, 0.5) is 5.82 Å². The van der Waals surface area contributed by atoms with E-state index in [4.69, 9.17) is 5.73 Å². The van der Waals surface area contributed by atoms with Crippen LogP contribution in [0.15, 0.2) is 34.8 Å². The van der Waals surface area contributed by atoms with E-state index in [2.05, 4.69) is 50.4 Å². The van der Waals surface area contributed by atoms with Gasteiger partial charge in [-0.15, -0.1) is 0 Å². The lowest BCUT2D eigenvalue weighted by Gasteiger charge is -2.41. The molecule has 3 nitrogen and oxygen atoms in total. The maximum absolute atomic E-state index is 5.71. The fourth-order valence-electron chi connectivity index (χ4n) is 2.60. The second kappa shape index (κ2) is 3.88. The van der Waals surface area contributed by atoms with Crippen molar-refractivity contribution in [2.75, 3.05) is 5.73 Å². The van der Waals surface area contributed by atoms with Gasteiger partial charge in [-0.05, 0) is 30.5 Å². The summed E-state index contributed by atoms with van der Waals surface area (Å²) in [4.78, 5) is 0. The summed E-state index contributed by atoms with van der Waals surface area (Å²) in [5, 5.41) is 7.13. The van der Waals surface area contributed by atoms with E-state index in [0.717, 1.165) is 23.0 Å². The molecule has 2 aromatic rings. The maximum atomic E-state index is 5.71. The largest absolute Gasteiger partial charge is 0.382 e. The molecule has 3 N–H and O–H groups in total. The molecule has 1 aliphatic carbocycles. The van der Waals surface area contributed by atoms with Gasteiger partial charge < -0.3 is 5.73 Å². The molecule has 0 spiro atoms. The Morgan fingerprint density at radius 2 is 1.94 bits per heavy atom. The monoisotopic (exact) mass is 291 g/mol. The zero-order chi connectivity index (χ0) is 11.9. The topological polar surface area (TPSA) is 54.7 Å². The van der Waals surface area contributed by atoms with Gasteiger partial charge in [0.15, 0.2) is 0 Å². The van der Waals surface area contributed by atoms with E-state index < -0.39 is 0 Å². The van der Waals surface area contributed by atoms with Crippen LogP contribution in [0.5, 0.6) is 0 Å². The Labute approximate surface area is 109 Å². The number of hydrogen-bond acceptors (Lipinski definition) is 2. The van der Waals surface area contributed by atoms with Gasteiger partial charge in [-0.25, -0.2) is 0 Å². The summed E-state index contributed by atoms with van der Waals surface area (Å²) in [5.74, 6) is 0.573. The molecule has 0 atom stereocenters. The second-order valence-corrected chi connectivity index (χ2v) is 5.56. The van der Waals surface area contributed by atoms with Gasteiger partial charge >= 0.3 is 0 Å². The molecule has 1 aromatic heterocycles. The van der Waals surface area contributed by atoms with Crippen molar-refractivity contribution < 1.29 is 0 Å². The normalized spacial score (nSPS) is 17.7. The van der Waals surface area contributed by atoms with Crippen molar-refractivity contribution in [2.24, 2.45) is 0 Å². The third-order valence-corrected chi connectivity index (χ3v) is 4.25. The predicted octanol–water partition coefficient (Wildman–Crippen LogP) is 3.22. The smallest absolute Gasteiger partial charge is 0.145 e. The van der Waals surface area contributed by atoms with E-state index in [1.165, 1.54) is 12.0 Å². The van der Waals surface area contributed by atoms with Gasteiger partial charge in [-0.3, -0.25) is 5.10 Å². The van der Waals surface area contributed by atoms with Crippen LogP contribution in [0.1, 0.15) is 30.5 Å². The minimum atomic E-state index is 0.102. The van der Waals surface area contributed by atoms with E-state index in [0.29, 0.717) is 5.82 Å². The van der Waals surface area contributed by atoms with Crippen LogP contribution in [-0.4, -0.2) is 10.2 Å². The molecule has 4 heteroatoms. The average molecular weight is 292 g/mol. The summed E-state index contributed by atoms with van der Waals surface area (Å²) >= 11 is 3.47. The van der Waals surface area contributed by atoms with Crippen molar-refractivity contribution in [3.05, 3.63) is 46.1 Å². The standard InChI is InChI=1S/C13H14BrN3/c14-10-4-2-9(3-5-10)13(6-1-7-13)11-8-12(15)17-16-11/h2-5,8H,1,6-7H2,(H3,15,16,17). The highest BCUT2D eigenvalue weighted by atomic mass is 79.9. The number of benzene rings is 1. The summed E-state index contributed by atoms with van der Waals surface area (Å²) in [7, 11) is 0. The number of H-pyrrole nitrogens is 1. The summed E-state index contributed by atoms with van der Waals surface area (Å²) in [6.45, 7) is 0. The highest BCUT2D eigenvalue weighted by Gasteiger charge is 2.41. The number of nitrogens with one attached hydrogen (secondary N) is 1. The van der Waals surface area contributed by atoms with E-state index in [1.54, 1.807) is 0 Å². The average Bonchev–Trinajstić information content (AvgIpc) is 2.67. The fraction of sp³-hybridized carbons (Fsp3) is 0.308. The van der Waals surface area contributed by atoms with Crippen molar-refractivity contribution in [3.8, 4) is 0 Å². The van der Waals surface area contributed by atoms with Crippen LogP contribution in [0.2, 0.25) is 0 Å². The molecule has 1 heterocycles. The minimum Gasteiger partial charge on any atom is -0.382 e. The van der Waals surface area contributed by atoms with E-state index >= 15 is 0 Å². The Bertz CT molecular complexity index is 526. The molecule has 88 valence electrons. The molecule has 1 fully saturated rings. The first-order valence-corrected chi connectivity index (χ1v) is 6.57. The van der Waals surface area contributed by atoms with Crippen molar-refractivity contribution in [3.63, 3.8) is 0 Å². The first-order chi connectivity index (χ1) is 8.21. The molecule has 0 radical (unpaired) electrons. The number of nitrogens with two attached hydrogens (primary N) is 1. The number of anilines is 1. The zero-order valence-electron chi connectivity index (χ0n) is 9.41. The molecule has 0 aliphatic heterocycles. The SMILES string of the molecule is Nc1cc(C2(c3ccc(Br)cc3)CCC2)[nH]n1. The molecule has 1 aromatic carbocycles. The molecule has 0 amide bonds. The van der Waals surface area contributed by atoms with Gasteiger partial charge in [-0.1, -0.05) is 34.5 Å². The fourth-order valence-corrected chi connectivity index (χ4v) is 2.86.